The quantitative estimate of drug-likeness (QED) is 0.855. The van der Waals surface area contributed by atoms with E-state index in [1.807, 2.05) is 24.4 Å². The third kappa shape index (κ3) is 1.70. The van der Waals surface area contributed by atoms with E-state index in [1.165, 1.54) is 12.8 Å². The highest BCUT2D eigenvalue weighted by Crippen LogP contribution is 2.43. The normalized spacial score (nSPS) is 30.3. The van der Waals surface area contributed by atoms with E-state index in [9.17, 15) is 0 Å². The average molecular weight is 254 g/mol. The maximum atomic E-state index is 4.32. The smallest absolute Gasteiger partial charge is 0.160 e. The summed E-state index contributed by atoms with van der Waals surface area (Å²) in [5.41, 5.74) is 0.915. The second kappa shape index (κ2) is 4.17. The number of hydrogen-bond donors (Lipinski definition) is 1. The Balaban J connectivity index is 1.54. The van der Waals surface area contributed by atoms with Crippen LogP contribution in [-0.2, 0) is 0 Å². The van der Waals surface area contributed by atoms with Crippen LogP contribution in [0, 0.1) is 11.8 Å². The Kier molecular flexibility index (Phi) is 2.45. The van der Waals surface area contributed by atoms with E-state index in [4.69, 9.17) is 0 Å². The standard InChI is InChI=1S/C15H18N4/c1-10(16-13-9-11-5-4-6-12(11)13)15-18-17-14-7-2-3-8-19(14)15/h2-4,6-8,10-13,16H,5,9H2,1H3. The molecule has 0 aliphatic heterocycles. The van der Waals surface area contributed by atoms with Gasteiger partial charge in [0.2, 0.25) is 0 Å². The van der Waals surface area contributed by atoms with Gasteiger partial charge in [-0.05, 0) is 43.7 Å². The number of hydrogen-bond acceptors (Lipinski definition) is 3. The van der Waals surface area contributed by atoms with E-state index in [2.05, 4.69) is 39.0 Å². The number of fused-ring (bicyclic) bond motifs is 2. The van der Waals surface area contributed by atoms with Gasteiger partial charge in [0.05, 0.1) is 6.04 Å². The molecule has 0 amide bonds. The van der Waals surface area contributed by atoms with Crippen LogP contribution in [-0.4, -0.2) is 20.6 Å². The van der Waals surface area contributed by atoms with E-state index >= 15 is 0 Å². The topological polar surface area (TPSA) is 42.2 Å². The molecule has 4 rings (SSSR count). The van der Waals surface area contributed by atoms with Crippen molar-refractivity contribution in [3.63, 3.8) is 0 Å². The summed E-state index contributed by atoms with van der Waals surface area (Å²) in [6, 6.07) is 6.84. The van der Waals surface area contributed by atoms with Gasteiger partial charge in [-0.1, -0.05) is 18.2 Å². The Morgan fingerprint density at radius 2 is 2.32 bits per heavy atom. The molecule has 1 saturated carbocycles. The Bertz CT molecular complexity index is 630. The van der Waals surface area contributed by atoms with Crippen LogP contribution in [0.1, 0.15) is 31.6 Å². The van der Waals surface area contributed by atoms with Gasteiger partial charge >= 0.3 is 0 Å². The van der Waals surface area contributed by atoms with Crippen LogP contribution >= 0.6 is 0 Å². The van der Waals surface area contributed by atoms with Gasteiger partial charge in [-0.15, -0.1) is 10.2 Å². The Morgan fingerprint density at radius 1 is 1.37 bits per heavy atom. The lowest BCUT2D eigenvalue weighted by Gasteiger charge is -2.42. The molecule has 1 N–H and O–H groups in total. The number of aromatic nitrogens is 3. The predicted molar refractivity (Wildman–Crippen MR) is 73.7 cm³/mol. The van der Waals surface area contributed by atoms with Crippen LogP contribution in [0.5, 0.6) is 0 Å². The van der Waals surface area contributed by atoms with Crippen LogP contribution in [0.4, 0.5) is 0 Å². The molecule has 19 heavy (non-hydrogen) atoms. The first-order valence-electron chi connectivity index (χ1n) is 7.05. The first-order valence-corrected chi connectivity index (χ1v) is 7.05. The van der Waals surface area contributed by atoms with Gasteiger partial charge in [0, 0.05) is 12.2 Å². The van der Waals surface area contributed by atoms with E-state index in [0.29, 0.717) is 6.04 Å². The van der Waals surface area contributed by atoms with E-state index in [-0.39, 0.29) is 6.04 Å². The van der Waals surface area contributed by atoms with Crippen molar-refractivity contribution in [2.45, 2.75) is 31.8 Å². The molecular formula is C15H18N4. The summed E-state index contributed by atoms with van der Waals surface area (Å²) < 4.78 is 2.07. The van der Waals surface area contributed by atoms with E-state index < -0.39 is 0 Å². The van der Waals surface area contributed by atoms with Crippen LogP contribution in [0.25, 0.3) is 5.65 Å². The van der Waals surface area contributed by atoms with E-state index in [1.54, 1.807) is 0 Å². The van der Waals surface area contributed by atoms with Gasteiger partial charge in [-0.2, -0.15) is 0 Å². The highest BCUT2D eigenvalue weighted by molar-refractivity contribution is 5.37. The molecule has 0 saturated heterocycles. The molecule has 2 aromatic rings. The van der Waals surface area contributed by atoms with Gasteiger partial charge in [-0.3, -0.25) is 4.40 Å². The maximum Gasteiger partial charge on any atom is 0.160 e. The number of pyridine rings is 1. The Hall–Kier alpha value is -1.68. The summed E-state index contributed by atoms with van der Waals surface area (Å²) >= 11 is 0. The summed E-state index contributed by atoms with van der Waals surface area (Å²) in [6.07, 6.45) is 9.29. The van der Waals surface area contributed by atoms with Gasteiger partial charge in [0.1, 0.15) is 0 Å². The van der Waals surface area contributed by atoms with Crippen LogP contribution in [0.15, 0.2) is 36.5 Å². The fraction of sp³-hybridized carbons (Fsp3) is 0.467. The first kappa shape index (κ1) is 11.2. The van der Waals surface area contributed by atoms with Crippen LogP contribution in [0.3, 0.4) is 0 Å². The zero-order chi connectivity index (χ0) is 12.8. The first-order chi connectivity index (χ1) is 9.33. The molecule has 4 nitrogen and oxygen atoms in total. The summed E-state index contributed by atoms with van der Waals surface area (Å²) in [4.78, 5) is 0. The molecule has 0 aromatic carbocycles. The average Bonchev–Trinajstić information content (AvgIpc) is 2.99. The molecule has 1 fully saturated rings. The second-order valence-electron chi connectivity index (χ2n) is 5.72. The molecule has 2 aliphatic carbocycles. The van der Waals surface area contributed by atoms with Crippen molar-refractivity contribution in [1.29, 1.82) is 0 Å². The summed E-state index contributed by atoms with van der Waals surface area (Å²) in [6.45, 7) is 2.18. The Labute approximate surface area is 112 Å². The van der Waals surface area contributed by atoms with Crippen molar-refractivity contribution < 1.29 is 0 Å². The summed E-state index contributed by atoms with van der Waals surface area (Å²) in [7, 11) is 0. The molecule has 2 aliphatic rings. The number of nitrogens with zero attached hydrogens (tertiary/aromatic N) is 3. The number of nitrogens with one attached hydrogen (secondary N) is 1. The SMILES string of the molecule is CC(NC1CC2CC=CC21)c1nnc2ccccn12. The second-order valence-corrected chi connectivity index (χ2v) is 5.72. The minimum atomic E-state index is 0.234. The maximum absolute atomic E-state index is 4.32. The molecule has 4 atom stereocenters. The molecule has 0 spiro atoms. The third-order valence-corrected chi connectivity index (χ3v) is 4.55. The Morgan fingerprint density at radius 3 is 3.21 bits per heavy atom. The summed E-state index contributed by atoms with van der Waals surface area (Å²) in [5.74, 6) is 2.63. The fourth-order valence-electron chi connectivity index (χ4n) is 3.46. The summed E-state index contributed by atoms with van der Waals surface area (Å²) in [5, 5.41) is 12.2. The van der Waals surface area contributed by atoms with Crippen molar-refractivity contribution in [3.8, 4) is 0 Å². The van der Waals surface area contributed by atoms with Gasteiger partial charge in [-0.25, -0.2) is 0 Å². The van der Waals surface area contributed by atoms with Gasteiger partial charge < -0.3 is 5.32 Å². The molecular weight excluding hydrogens is 236 g/mol. The van der Waals surface area contributed by atoms with Crippen LogP contribution in [0.2, 0.25) is 0 Å². The molecule has 2 aromatic heterocycles. The zero-order valence-corrected chi connectivity index (χ0v) is 11.0. The van der Waals surface area contributed by atoms with Crippen molar-refractivity contribution >= 4 is 5.65 Å². The minimum absolute atomic E-state index is 0.234. The molecule has 4 heteroatoms. The third-order valence-electron chi connectivity index (χ3n) is 4.55. The van der Waals surface area contributed by atoms with Crippen molar-refractivity contribution in [2.75, 3.05) is 0 Å². The number of allylic oxidation sites excluding steroid dienone is 1. The molecule has 0 radical (unpaired) electrons. The van der Waals surface area contributed by atoms with Crippen molar-refractivity contribution in [1.82, 2.24) is 19.9 Å². The molecule has 4 unspecified atom stereocenters. The van der Waals surface area contributed by atoms with Gasteiger partial charge in [0.15, 0.2) is 11.5 Å². The van der Waals surface area contributed by atoms with Crippen molar-refractivity contribution in [2.24, 2.45) is 11.8 Å². The van der Waals surface area contributed by atoms with Crippen LogP contribution < -0.4 is 5.32 Å². The lowest BCUT2D eigenvalue weighted by Crippen LogP contribution is -2.49. The largest absolute Gasteiger partial charge is 0.304 e. The van der Waals surface area contributed by atoms with E-state index in [0.717, 1.165) is 23.3 Å². The van der Waals surface area contributed by atoms with Crippen molar-refractivity contribution in [3.05, 3.63) is 42.4 Å². The highest BCUT2D eigenvalue weighted by atomic mass is 15.3. The zero-order valence-electron chi connectivity index (χ0n) is 11.0. The predicted octanol–water partition coefficient (Wildman–Crippen LogP) is 2.34. The molecule has 98 valence electrons. The lowest BCUT2D eigenvalue weighted by atomic mass is 9.71. The fourth-order valence-corrected chi connectivity index (χ4v) is 3.46. The lowest BCUT2D eigenvalue weighted by molar-refractivity contribution is 0.151. The molecule has 2 heterocycles. The minimum Gasteiger partial charge on any atom is -0.304 e. The monoisotopic (exact) mass is 254 g/mol. The number of rotatable bonds is 3. The van der Waals surface area contributed by atoms with Gasteiger partial charge in [0.25, 0.3) is 0 Å². The highest BCUT2D eigenvalue weighted by Gasteiger charge is 2.41. The molecule has 0 bridgehead atoms.